The van der Waals surface area contributed by atoms with Crippen LogP contribution in [-0.2, 0) is 0 Å². The van der Waals surface area contributed by atoms with Crippen LogP contribution in [0.15, 0.2) is 18.2 Å². The average molecular weight is 321 g/mol. The Labute approximate surface area is 132 Å². The second-order valence-electron chi connectivity index (χ2n) is 5.11. The highest BCUT2D eigenvalue weighted by Crippen LogP contribution is 2.32. The first-order valence-electron chi connectivity index (χ1n) is 7.12. The quantitative estimate of drug-likeness (QED) is 0.880. The van der Waals surface area contributed by atoms with E-state index in [9.17, 15) is 4.39 Å². The van der Waals surface area contributed by atoms with E-state index >= 15 is 0 Å². The maximum Gasteiger partial charge on any atom is 0.124 e. The third kappa shape index (κ3) is 4.59. The highest BCUT2D eigenvalue weighted by atomic mass is 35.5. The van der Waals surface area contributed by atoms with Gasteiger partial charge in [-0.1, -0.05) is 37.4 Å². The molecule has 0 amide bonds. The lowest BCUT2D eigenvalue weighted by atomic mass is 9.98. The Morgan fingerprint density at radius 3 is 2.65 bits per heavy atom. The lowest BCUT2D eigenvalue weighted by Gasteiger charge is -2.35. The van der Waals surface area contributed by atoms with E-state index in [0.717, 1.165) is 38.2 Å². The van der Waals surface area contributed by atoms with Gasteiger partial charge >= 0.3 is 0 Å². The minimum atomic E-state index is -0.261. The largest absolute Gasteiger partial charge is 0.314 e. The number of hydrogen-bond acceptors (Lipinski definition) is 2. The van der Waals surface area contributed by atoms with Gasteiger partial charge in [-0.05, 0) is 24.1 Å². The summed E-state index contributed by atoms with van der Waals surface area (Å²) in [4.78, 5) is 2.46. The van der Waals surface area contributed by atoms with E-state index in [1.165, 1.54) is 25.0 Å². The first kappa shape index (κ1) is 17.7. The number of hydrogen-bond donors (Lipinski definition) is 1. The molecular weight excluding hydrogens is 298 g/mol. The minimum Gasteiger partial charge on any atom is -0.314 e. The second kappa shape index (κ2) is 8.83. The van der Waals surface area contributed by atoms with Gasteiger partial charge in [-0.3, -0.25) is 4.90 Å². The molecule has 1 aliphatic heterocycles. The Morgan fingerprint density at radius 1 is 1.35 bits per heavy atom. The Kier molecular flexibility index (Phi) is 7.82. The van der Waals surface area contributed by atoms with E-state index in [4.69, 9.17) is 11.6 Å². The van der Waals surface area contributed by atoms with E-state index in [1.54, 1.807) is 0 Å². The zero-order valence-electron chi connectivity index (χ0n) is 11.9. The maximum absolute atomic E-state index is 13.2. The zero-order chi connectivity index (χ0) is 13.7. The van der Waals surface area contributed by atoms with Gasteiger partial charge in [0.15, 0.2) is 0 Å². The first-order valence-corrected chi connectivity index (χ1v) is 7.50. The van der Waals surface area contributed by atoms with Crippen LogP contribution in [0.5, 0.6) is 0 Å². The fourth-order valence-corrected chi connectivity index (χ4v) is 2.99. The smallest absolute Gasteiger partial charge is 0.124 e. The van der Waals surface area contributed by atoms with E-state index < -0.39 is 0 Å². The summed E-state index contributed by atoms with van der Waals surface area (Å²) in [7, 11) is 0. The second-order valence-corrected chi connectivity index (χ2v) is 5.52. The SMILES string of the molecule is CCCC[C@H](c1ccc(F)cc1Cl)N1CCNCC1.Cl. The van der Waals surface area contributed by atoms with Crippen LogP contribution in [0, 0.1) is 5.82 Å². The molecule has 0 aliphatic carbocycles. The van der Waals surface area contributed by atoms with Crippen molar-refractivity contribution in [3.8, 4) is 0 Å². The Bertz CT molecular complexity index is 409. The summed E-state index contributed by atoms with van der Waals surface area (Å²) in [6.07, 6.45) is 3.42. The monoisotopic (exact) mass is 320 g/mol. The predicted molar refractivity (Wildman–Crippen MR) is 85.4 cm³/mol. The molecule has 2 rings (SSSR count). The number of piperazine rings is 1. The van der Waals surface area contributed by atoms with Crippen molar-refractivity contribution in [2.24, 2.45) is 0 Å². The van der Waals surface area contributed by atoms with Crippen LogP contribution < -0.4 is 5.32 Å². The molecule has 0 bridgehead atoms. The van der Waals surface area contributed by atoms with Gasteiger partial charge in [0, 0.05) is 37.2 Å². The summed E-state index contributed by atoms with van der Waals surface area (Å²) in [6, 6.07) is 5.11. The van der Waals surface area contributed by atoms with Crippen molar-refractivity contribution in [3.05, 3.63) is 34.6 Å². The number of rotatable bonds is 5. The van der Waals surface area contributed by atoms with Gasteiger partial charge in [-0.15, -0.1) is 12.4 Å². The molecule has 1 fully saturated rings. The van der Waals surface area contributed by atoms with Crippen LogP contribution in [-0.4, -0.2) is 31.1 Å². The van der Waals surface area contributed by atoms with Gasteiger partial charge in [-0.25, -0.2) is 4.39 Å². The Hall–Kier alpha value is -0.350. The first-order chi connectivity index (χ1) is 9.22. The van der Waals surface area contributed by atoms with Crippen LogP contribution >= 0.6 is 24.0 Å². The van der Waals surface area contributed by atoms with Gasteiger partial charge in [0.25, 0.3) is 0 Å². The van der Waals surface area contributed by atoms with Crippen molar-refractivity contribution >= 4 is 24.0 Å². The third-order valence-electron chi connectivity index (χ3n) is 3.74. The molecule has 0 aromatic heterocycles. The molecule has 5 heteroatoms. The van der Waals surface area contributed by atoms with Gasteiger partial charge in [0.05, 0.1) is 0 Å². The summed E-state index contributed by atoms with van der Waals surface area (Å²) < 4.78 is 13.2. The normalized spacial score (nSPS) is 17.6. The molecule has 2 nitrogen and oxygen atoms in total. The van der Waals surface area contributed by atoms with Crippen LogP contribution in [0.1, 0.15) is 37.8 Å². The molecular formula is C15H23Cl2FN2. The van der Waals surface area contributed by atoms with Gasteiger partial charge < -0.3 is 5.32 Å². The van der Waals surface area contributed by atoms with Crippen LogP contribution in [0.4, 0.5) is 4.39 Å². The number of unbranched alkanes of at least 4 members (excludes halogenated alkanes) is 1. The van der Waals surface area contributed by atoms with Gasteiger partial charge in [0.1, 0.15) is 5.82 Å². The zero-order valence-corrected chi connectivity index (χ0v) is 13.4. The molecule has 1 N–H and O–H groups in total. The standard InChI is InChI=1S/C15H22ClFN2.ClH/c1-2-3-4-15(19-9-7-18-8-10-19)13-6-5-12(17)11-14(13)16;/h5-6,11,15,18H,2-4,7-10H2,1H3;1H/t15-;/m1./s1. The molecule has 1 aromatic rings. The van der Waals surface area contributed by atoms with Crippen LogP contribution in [0.25, 0.3) is 0 Å². The lowest BCUT2D eigenvalue weighted by molar-refractivity contribution is 0.163. The molecule has 114 valence electrons. The molecule has 0 radical (unpaired) electrons. The minimum absolute atomic E-state index is 0. The number of benzene rings is 1. The molecule has 1 aromatic carbocycles. The third-order valence-corrected chi connectivity index (χ3v) is 4.07. The maximum atomic E-state index is 13.2. The molecule has 20 heavy (non-hydrogen) atoms. The Balaban J connectivity index is 0.00000200. The van der Waals surface area contributed by atoms with Crippen molar-refractivity contribution in [2.75, 3.05) is 26.2 Å². The topological polar surface area (TPSA) is 15.3 Å². The van der Waals surface area contributed by atoms with Crippen molar-refractivity contribution in [3.63, 3.8) is 0 Å². The number of halogens is 3. The predicted octanol–water partition coefficient (Wildman–Crippen LogP) is 4.04. The summed E-state index contributed by atoms with van der Waals surface area (Å²) in [5.74, 6) is -0.261. The molecule has 0 spiro atoms. The van der Waals surface area contributed by atoms with Crippen LogP contribution in [0.3, 0.4) is 0 Å². The van der Waals surface area contributed by atoms with Gasteiger partial charge in [0.2, 0.25) is 0 Å². The Morgan fingerprint density at radius 2 is 2.05 bits per heavy atom. The molecule has 1 heterocycles. The average Bonchev–Trinajstić information content (AvgIpc) is 2.42. The number of nitrogens with zero attached hydrogens (tertiary/aromatic N) is 1. The van der Waals surface area contributed by atoms with E-state index in [1.807, 2.05) is 6.07 Å². The molecule has 0 saturated carbocycles. The fourth-order valence-electron chi connectivity index (χ4n) is 2.70. The summed E-state index contributed by atoms with van der Waals surface area (Å²) >= 11 is 6.24. The van der Waals surface area contributed by atoms with Gasteiger partial charge in [-0.2, -0.15) is 0 Å². The van der Waals surface area contributed by atoms with E-state index in [-0.39, 0.29) is 18.2 Å². The molecule has 0 unspecified atom stereocenters. The molecule has 1 saturated heterocycles. The van der Waals surface area contributed by atoms with E-state index in [2.05, 4.69) is 17.1 Å². The highest BCUT2D eigenvalue weighted by Gasteiger charge is 2.23. The lowest BCUT2D eigenvalue weighted by Crippen LogP contribution is -2.45. The van der Waals surface area contributed by atoms with Crippen molar-refractivity contribution in [1.29, 1.82) is 0 Å². The van der Waals surface area contributed by atoms with Crippen molar-refractivity contribution < 1.29 is 4.39 Å². The number of nitrogens with one attached hydrogen (secondary N) is 1. The van der Waals surface area contributed by atoms with Crippen molar-refractivity contribution in [2.45, 2.75) is 32.2 Å². The molecule has 1 atom stereocenters. The van der Waals surface area contributed by atoms with E-state index in [0.29, 0.717) is 11.1 Å². The summed E-state index contributed by atoms with van der Waals surface area (Å²) in [6.45, 7) is 6.29. The fraction of sp³-hybridized carbons (Fsp3) is 0.600. The summed E-state index contributed by atoms with van der Waals surface area (Å²) in [5, 5.41) is 3.92. The summed E-state index contributed by atoms with van der Waals surface area (Å²) in [5.41, 5.74) is 1.07. The molecule has 1 aliphatic rings. The highest BCUT2D eigenvalue weighted by molar-refractivity contribution is 6.31. The van der Waals surface area contributed by atoms with Crippen molar-refractivity contribution in [1.82, 2.24) is 10.2 Å². The van der Waals surface area contributed by atoms with Crippen LogP contribution in [0.2, 0.25) is 5.02 Å².